The summed E-state index contributed by atoms with van der Waals surface area (Å²) < 4.78 is 15.2. The maximum absolute atomic E-state index is 13.5. The van der Waals surface area contributed by atoms with Crippen LogP contribution in [0.1, 0.15) is 56.3 Å². The number of halogens is 1. The van der Waals surface area contributed by atoms with Gasteiger partial charge in [0.25, 0.3) is 5.56 Å². The zero-order chi connectivity index (χ0) is 22.5. The van der Waals surface area contributed by atoms with Gasteiger partial charge in [-0.1, -0.05) is 62.2 Å². The van der Waals surface area contributed by atoms with E-state index in [1.54, 1.807) is 22.8 Å². The van der Waals surface area contributed by atoms with Crippen LogP contribution in [-0.2, 0) is 11.3 Å². The van der Waals surface area contributed by atoms with Crippen LogP contribution >= 0.6 is 11.8 Å². The van der Waals surface area contributed by atoms with Crippen LogP contribution in [-0.4, -0.2) is 21.5 Å². The number of aromatic nitrogens is 2. The molecule has 1 N–H and O–H groups in total. The monoisotopic (exact) mass is 453 g/mol. The van der Waals surface area contributed by atoms with Crippen molar-refractivity contribution in [2.24, 2.45) is 0 Å². The summed E-state index contributed by atoms with van der Waals surface area (Å²) in [6.07, 6.45) is 6.08. The highest BCUT2D eigenvalue weighted by atomic mass is 32.2. The maximum atomic E-state index is 13.5. The van der Waals surface area contributed by atoms with Crippen molar-refractivity contribution in [3.63, 3.8) is 0 Å². The van der Waals surface area contributed by atoms with Crippen LogP contribution in [0.15, 0.2) is 58.5 Å². The second-order valence-corrected chi connectivity index (χ2v) is 9.33. The van der Waals surface area contributed by atoms with E-state index in [2.05, 4.69) is 12.2 Å². The SMILES string of the molecule is CCCCCCn1c(SC(C(=O)NC2CC2)c2ccc(F)cc2)nc2ccccc2c1=O. The van der Waals surface area contributed by atoms with Gasteiger partial charge in [-0.3, -0.25) is 14.2 Å². The largest absolute Gasteiger partial charge is 0.352 e. The fourth-order valence-electron chi connectivity index (χ4n) is 3.65. The average molecular weight is 454 g/mol. The van der Waals surface area contributed by atoms with Crippen molar-refractivity contribution in [2.75, 3.05) is 0 Å². The fourth-order valence-corrected chi connectivity index (χ4v) is 4.78. The van der Waals surface area contributed by atoms with Crippen molar-refractivity contribution < 1.29 is 9.18 Å². The average Bonchev–Trinajstić information content (AvgIpc) is 3.61. The number of benzene rings is 2. The van der Waals surface area contributed by atoms with Gasteiger partial charge < -0.3 is 5.32 Å². The zero-order valence-corrected chi connectivity index (χ0v) is 19.0. The Labute approximate surface area is 191 Å². The molecule has 2 aromatic carbocycles. The fraction of sp³-hybridized carbons (Fsp3) is 0.400. The molecule has 0 radical (unpaired) electrons. The van der Waals surface area contributed by atoms with Crippen LogP contribution < -0.4 is 10.9 Å². The molecule has 0 saturated heterocycles. The molecule has 4 rings (SSSR count). The molecule has 3 aromatic rings. The molecule has 32 heavy (non-hydrogen) atoms. The van der Waals surface area contributed by atoms with E-state index in [-0.39, 0.29) is 23.3 Å². The maximum Gasteiger partial charge on any atom is 0.262 e. The number of nitrogens with one attached hydrogen (secondary N) is 1. The predicted octanol–water partition coefficient (Wildman–Crippen LogP) is 5.23. The van der Waals surface area contributed by atoms with Gasteiger partial charge in [0.1, 0.15) is 11.1 Å². The highest BCUT2D eigenvalue weighted by Crippen LogP contribution is 2.36. The van der Waals surface area contributed by atoms with Gasteiger partial charge in [-0.05, 0) is 49.1 Å². The molecule has 5 nitrogen and oxygen atoms in total. The van der Waals surface area contributed by atoms with E-state index in [0.29, 0.717) is 28.2 Å². The van der Waals surface area contributed by atoms with Gasteiger partial charge in [0, 0.05) is 12.6 Å². The van der Waals surface area contributed by atoms with E-state index in [0.717, 1.165) is 38.5 Å². The van der Waals surface area contributed by atoms with Crippen molar-refractivity contribution in [3.8, 4) is 0 Å². The molecule has 0 spiro atoms. The van der Waals surface area contributed by atoms with Gasteiger partial charge in [-0.15, -0.1) is 0 Å². The van der Waals surface area contributed by atoms with Crippen molar-refractivity contribution in [2.45, 2.75) is 68.4 Å². The second kappa shape index (κ2) is 10.3. The number of hydrogen-bond acceptors (Lipinski definition) is 4. The number of fused-ring (bicyclic) bond motifs is 1. The molecule has 1 amide bonds. The summed E-state index contributed by atoms with van der Waals surface area (Å²) in [5, 5.41) is 3.53. The summed E-state index contributed by atoms with van der Waals surface area (Å²) in [5.74, 6) is -0.485. The van der Waals surface area contributed by atoms with Gasteiger partial charge in [0.2, 0.25) is 5.91 Å². The molecule has 168 valence electrons. The van der Waals surface area contributed by atoms with E-state index < -0.39 is 5.25 Å². The molecular formula is C25H28FN3O2S. The molecule has 1 saturated carbocycles. The number of rotatable bonds is 10. The molecule has 1 heterocycles. The molecule has 1 aromatic heterocycles. The number of hydrogen-bond donors (Lipinski definition) is 1. The lowest BCUT2D eigenvalue weighted by atomic mass is 10.1. The summed E-state index contributed by atoms with van der Waals surface area (Å²) >= 11 is 1.26. The number of thioether (sulfide) groups is 1. The van der Waals surface area contributed by atoms with Gasteiger partial charge >= 0.3 is 0 Å². The lowest BCUT2D eigenvalue weighted by molar-refractivity contribution is -0.120. The summed E-state index contributed by atoms with van der Waals surface area (Å²) in [4.78, 5) is 31.2. The van der Waals surface area contributed by atoms with Crippen LogP contribution in [0.5, 0.6) is 0 Å². The number of unbranched alkanes of at least 4 members (excludes halogenated alkanes) is 3. The molecule has 1 aliphatic carbocycles. The zero-order valence-electron chi connectivity index (χ0n) is 18.2. The minimum absolute atomic E-state index is 0.0879. The summed E-state index contributed by atoms with van der Waals surface area (Å²) in [6, 6.07) is 13.5. The number of amides is 1. The molecule has 1 atom stereocenters. The predicted molar refractivity (Wildman–Crippen MR) is 126 cm³/mol. The standard InChI is InChI=1S/C25H28FN3O2S/c1-2-3-4-7-16-29-24(31)20-8-5-6-9-21(20)28-25(29)32-22(23(30)27-19-14-15-19)17-10-12-18(26)13-11-17/h5-6,8-13,19,22H,2-4,7,14-16H2,1H3,(H,27,30). The first-order valence-corrected chi connectivity index (χ1v) is 12.2. The lowest BCUT2D eigenvalue weighted by Gasteiger charge is -2.19. The topological polar surface area (TPSA) is 64.0 Å². The first-order valence-electron chi connectivity index (χ1n) is 11.3. The molecule has 0 aliphatic heterocycles. The van der Waals surface area contributed by atoms with Crippen molar-refractivity contribution >= 4 is 28.6 Å². The second-order valence-electron chi connectivity index (χ2n) is 8.26. The van der Waals surface area contributed by atoms with E-state index >= 15 is 0 Å². The van der Waals surface area contributed by atoms with Gasteiger partial charge in [0.05, 0.1) is 10.9 Å². The number of carbonyl (C=O) groups is 1. The Morgan fingerprint density at radius 1 is 1.16 bits per heavy atom. The normalized spacial score (nSPS) is 14.4. The number of para-hydroxylation sites is 1. The number of carbonyl (C=O) groups excluding carboxylic acids is 1. The Bertz CT molecular complexity index is 1140. The molecule has 1 unspecified atom stereocenters. The lowest BCUT2D eigenvalue weighted by Crippen LogP contribution is -2.31. The van der Waals surface area contributed by atoms with Crippen LogP contribution in [0.2, 0.25) is 0 Å². The van der Waals surface area contributed by atoms with Crippen LogP contribution in [0.3, 0.4) is 0 Å². The molecule has 7 heteroatoms. The van der Waals surface area contributed by atoms with E-state index in [1.807, 2.05) is 18.2 Å². The Kier molecular flexibility index (Phi) is 7.25. The van der Waals surface area contributed by atoms with Crippen LogP contribution in [0, 0.1) is 5.82 Å². The molecule has 1 aliphatic rings. The third kappa shape index (κ3) is 5.38. The van der Waals surface area contributed by atoms with Gasteiger partial charge in [0.15, 0.2) is 5.16 Å². The van der Waals surface area contributed by atoms with Gasteiger partial charge in [-0.25, -0.2) is 9.37 Å². The van der Waals surface area contributed by atoms with Crippen molar-refractivity contribution in [3.05, 3.63) is 70.3 Å². The van der Waals surface area contributed by atoms with E-state index in [4.69, 9.17) is 4.98 Å². The Balaban J connectivity index is 1.71. The summed E-state index contributed by atoms with van der Waals surface area (Å²) in [5.41, 5.74) is 1.22. The Morgan fingerprint density at radius 2 is 1.91 bits per heavy atom. The minimum Gasteiger partial charge on any atom is -0.352 e. The Morgan fingerprint density at radius 3 is 2.62 bits per heavy atom. The highest BCUT2D eigenvalue weighted by molar-refractivity contribution is 8.00. The van der Waals surface area contributed by atoms with Crippen LogP contribution in [0.25, 0.3) is 10.9 Å². The van der Waals surface area contributed by atoms with Gasteiger partial charge in [-0.2, -0.15) is 0 Å². The summed E-state index contributed by atoms with van der Waals surface area (Å²) in [7, 11) is 0. The quantitative estimate of drug-likeness (QED) is 0.259. The third-order valence-corrected chi connectivity index (χ3v) is 6.86. The minimum atomic E-state index is -0.619. The Hall–Kier alpha value is -2.67. The van der Waals surface area contributed by atoms with Crippen molar-refractivity contribution in [1.82, 2.24) is 14.9 Å². The first kappa shape index (κ1) is 22.5. The van der Waals surface area contributed by atoms with E-state index in [1.165, 1.54) is 23.9 Å². The number of nitrogens with zero attached hydrogens (tertiary/aromatic N) is 2. The molecule has 0 bridgehead atoms. The molecule has 1 fully saturated rings. The van der Waals surface area contributed by atoms with Crippen LogP contribution in [0.4, 0.5) is 4.39 Å². The smallest absolute Gasteiger partial charge is 0.262 e. The molecular weight excluding hydrogens is 425 g/mol. The van der Waals surface area contributed by atoms with E-state index in [9.17, 15) is 14.0 Å². The summed E-state index contributed by atoms with van der Waals surface area (Å²) in [6.45, 7) is 2.70. The highest BCUT2D eigenvalue weighted by Gasteiger charge is 2.30. The first-order chi connectivity index (χ1) is 15.6. The third-order valence-electron chi connectivity index (χ3n) is 5.62. The van der Waals surface area contributed by atoms with Crippen molar-refractivity contribution in [1.29, 1.82) is 0 Å².